The SMILES string of the molecule is Cc1cc(C)n([C@@H](C)C(=O)N2CCc3c(nc(N)[nH]c3=O)C2)n1. The maximum atomic E-state index is 12.8. The molecule has 2 aromatic rings. The van der Waals surface area contributed by atoms with Crippen molar-refractivity contribution in [1.29, 1.82) is 0 Å². The van der Waals surface area contributed by atoms with E-state index in [1.807, 2.05) is 26.8 Å². The van der Waals surface area contributed by atoms with Crippen LogP contribution in [0.4, 0.5) is 5.95 Å². The van der Waals surface area contributed by atoms with E-state index in [2.05, 4.69) is 15.1 Å². The molecule has 0 aromatic carbocycles. The molecule has 8 heteroatoms. The summed E-state index contributed by atoms with van der Waals surface area (Å²) in [6.07, 6.45) is 0.480. The number of nitrogens with one attached hydrogen (secondary N) is 1. The molecule has 1 aliphatic heterocycles. The van der Waals surface area contributed by atoms with E-state index < -0.39 is 6.04 Å². The molecule has 0 aliphatic carbocycles. The molecule has 0 radical (unpaired) electrons. The zero-order valence-electron chi connectivity index (χ0n) is 13.5. The van der Waals surface area contributed by atoms with E-state index in [-0.39, 0.29) is 17.4 Å². The Morgan fingerprint density at radius 2 is 2.17 bits per heavy atom. The van der Waals surface area contributed by atoms with Crippen molar-refractivity contribution in [1.82, 2.24) is 24.6 Å². The highest BCUT2D eigenvalue weighted by Crippen LogP contribution is 2.19. The Morgan fingerprint density at radius 3 is 2.83 bits per heavy atom. The second kappa shape index (κ2) is 5.53. The summed E-state index contributed by atoms with van der Waals surface area (Å²) in [4.78, 5) is 33.0. The van der Waals surface area contributed by atoms with Crippen LogP contribution in [0.2, 0.25) is 0 Å². The maximum Gasteiger partial charge on any atom is 0.255 e. The van der Waals surface area contributed by atoms with E-state index in [1.54, 1.807) is 9.58 Å². The van der Waals surface area contributed by atoms with E-state index in [1.165, 1.54) is 0 Å². The van der Waals surface area contributed by atoms with Crippen LogP contribution in [-0.4, -0.2) is 37.1 Å². The lowest BCUT2D eigenvalue weighted by atomic mass is 10.1. The number of aromatic amines is 1. The molecule has 23 heavy (non-hydrogen) atoms. The largest absolute Gasteiger partial charge is 0.369 e. The third-order valence-electron chi connectivity index (χ3n) is 4.17. The second-order valence-electron chi connectivity index (χ2n) is 5.93. The smallest absolute Gasteiger partial charge is 0.255 e. The van der Waals surface area contributed by atoms with Crippen molar-refractivity contribution in [3.63, 3.8) is 0 Å². The van der Waals surface area contributed by atoms with Crippen molar-refractivity contribution >= 4 is 11.9 Å². The minimum atomic E-state index is -0.399. The van der Waals surface area contributed by atoms with Gasteiger partial charge in [-0.15, -0.1) is 0 Å². The van der Waals surface area contributed by atoms with Gasteiger partial charge in [-0.2, -0.15) is 5.10 Å². The number of nitrogens with zero attached hydrogens (tertiary/aromatic N) is 4. The Bertz CT molecular complexity index is 822. The van der Waals surface area contributed by atoms with E-state index >= 15 is 0 Å². The van der Waals surface area contributed by atoms with Crippen LogP contribution >= 0.6 is 0 Å². The highest BCUT2D eigenvalue weighted by atomic mass is 16.2. The molecule has 3 rings (SSSR count). The fraction of sp³-hybridized carbons (Fsp3) is 0.467. The van der Waals surface area contributed by atoms with Gasteiger partial charge in [0.15, 0.2) is 0 Å². The molecular formula is C15H20N6O2. The Kier molecular flexibility index (Phi) is 3.67. The van der Waals surface area contributed by atoms with Crippen LogP contribution in [0.15, 0.2) is 10.9 Å². The standard InChI is InChI=1S/C15H20N6O2/c1-8-6-9(2)21(19-8)10(3)14(23)20-5-4-11-12(7-20)17-15(16)18-13(11)22/h6,10H,4-5,7H2,1-3H3,(H3,16,17,18,22)/t10-/m0/s1. The fourth-order valence-corrected chi connectivity index (χ4v) is 3.05. The molecule has 0 saturated carbocycles. The second-order valence-corrected chi connectivity index (χ2v) is 5.93. The number of aromatic nitrogens is 4. The summed E-state index contributed by atoms with van der Waals surface area (Å²) in [5.41, 5.74) is 8.39. The molecule has 122 valence electrons. The monoisotopic (exact) mass is 316 g/mol. The Morgan fingerprint density at radius 1 is 1.43 bits per heavy atom. The van der Waals surface area contributed by atoms with E-state index in [0.29, 0.717) is 30.8 Å². The quantitative estimate of drug-likeness (QED) is 0.828. The van der Waals surface area contributed by atoms with Crippen LogP contribution in [0.3, 0.4) is 0 Å². The van der Waals surface area contributed by atoms with Gasteiger partial charge in [0.25, 0.3) is 5.56 Å². The number of hydrogen-bond donors (Lipinski definition) is 2. The topological polar surface area (TPSA) is 110 Å². The maximum absolute atomic E-state index is 12.8. The van der Waals surface area contributed by atoms with Crippen LogP contribution in [0, 0.1) is 13.8 Å². The zero-order chi connectivity index (χ0) is 16.7. The number of fused-ring (bicyclic) bond motifs is 1. The highest BCUT2D eigenvalue weighted by Gasteiger charge is 2.28. The van der Waals surface area contributed by atoms with Gasteiger partial charge in [-0.25, -0.2) is 4.98 Å². The van der Waals surface area contributed by atoms with Crippen molar-refractivity contribution in [3.05, 3.63) is 39.1 Å². The first kappa shape index (κ1) is 15.3. The summed E-state index contributed by atoms with van der Waals surface area (Å²) in [6.45, 7) is 6.45. The van der Waals surface area contributed by atoms with Gasteiger partial charge in [-0.1, -0.05) is 0 Å². The Balaban J connectivity index is 1.84. The third-order valence-corrected chi connectivity index (χ3v) is 4.17. The van der Waals surface area contributed by atoms with Crippen LogP contribution in [0.25, 0.3) is 0 Å². The number of aryl methyl sites for hydroxylation is 2. The number of carbonyl (C=O) groups is 1. The van der Waals surface area contributed by atoms with Crippen LogP contribution < -0.4 is 11.3 Å². The molecule has 0 spiro atoms. The molecule has 1 amide bonds. The van der Waals surface area contributed by atoms with Gasteiger partial charge < -0.3 is 10.6 Å². The van der Waals surface area contributed by atoms with Crippen molar-refractivity contribution in [2.45, 2.75) is 39.8 Å². The van der Waals surface area contributed by atoms with Crippen molar-refractivity contribution in [2.24, 2.45) is 0 Å². The molecule has 8 nitrogen and oxygen atoms in total. The molecular weight excluding hydrogens is 296 g/mol. The molecule has 1 atom stereocenters. The lowest BCUT2D eigenvalue weighted by Crippen LogP contribution is -2.42. The normalized spacial score (nSPS) is 15.3. The Hall–Kier alpha value is -2.64. The van der Waals surface area contributed by atoms with Gasteiger partial charge in [0, 0.05) is 17.8 Å². The van der Waals surface area contributed by atoms with E-state index in [9.17, 15) is 9.59 Å². The summed E-state index contributed by atoms with van der Waals surface area (Å²) >= 11 is 0. The first-order valence-corrected chi connectivity index (χ1v) is 7.56. The average molecular weight is 316 g/mol. The number of nitrogen functional groups attached to an aromatic ring is 1. The van der Waals surface area contributed by atoms with Gasteiger partial charge in [-0.05, 0) is 33.3 Å². The molecule has 3 N–H and O–H groups in total. The lowest BCUT2D eigenvalue weighted by molar-refractivity contribution is -0.135. The molecule has 0 bridgehead atoms. The minimum Gasteiger partial charge on any atom is -0.369 e. The van der Waals surface area contributed by atoms with Crippen molar-refractivity contribution in [2.75, 3.05) is 12.3 Å². The number of amides is 1. The van der Waals surface area contributed by atoms with Gasteiger partial charge in [0.2, 0.25) is 11.9 Å². The number of H-pyrrole nitrogens is 1. The number of rotatable bonds is 2. The first-order valence-electron chi connectivity index (χ1n) is 7.56. The first-order chi connectivity index (χ1) is 10.9. The average Bonchev–Trinajstić information content (AvgIpc) is 2.83. The van der Waals surface area contributed by atoms with Gasteiger partial charge in [0.05, 0.1) is 17.9 Å². The van der Waals surface area contributed by atoms with E-state index in [0.717, 1.165) is 11.4 Å². The summed E-state index contributed by atoms with van der Waals surface area (Å²) in [6, 6.07) is 1.54. The zero-order valence-corrected chi connectivity index (χ0v) is 13.5. The molecule has 0 saturated heterocycles. The summed E-state index contributed by atoms with van der Waals surface area (Å²) in [5.74, 6) is 0.0390. The summed E-state index contributed by atoms with van der Waals surface area (Å²) in [7, 11) is 0. The molecule has 1 aliphatic rings. The predicted molar refractivity (Wildman–Crippen MR) is 84.8 cm³/mol. The molecule has 0 unspecified atom stereocenters. The van der Waals surface area contributed by atoms with Gasteiger partial charge >= 0.3 is 0 Å². The van der Waals surface area contributed by atoms with Crippen LogP contribution in [0.1, 0.15) is 35.6 Å². The van der Waals surface area contributed by atoms with Crippen LogP contribution in [-0.2, 0) is 17.8 Å². The van der Waals surface area contributed by atoms with Gasteiger partial charge in [-0.3, -0.25) is 19.3 Å². The minimum absolute atomic E-state index is 0.0393. The number of anilines is 1. The van der Waals surface area contributed by atoms with Crippen LogP contribution in [0.5, 0.6) is 0 Å². The Labute approximate surface area is 133 Å². The highest BCUT2D eigenvalue weighted by molar-refractivity contribution is 5.80. The number of carbonyl (C=O) groups excluding carboxylic acids is 1. The number of nitrogens with two attached hydrogens (primary N) is 1. The lowest BCUT2D eigenvalue weighted by Gasteiger charge is -2.30. The predicted octanol–water partition coefficient (Wildman–Crippen LogP) is 0.311. The third kappa shape index (κ3) is 2.71. The molecule has 0 fully saturated rings. The van der Waals surface area contributed by atoms with E-state index in [4.69, 9.17) is 5.73 Å². The molecule has 3 heterocycles. The fourth-order valence-electron chi connectivity index (χ4n) is 3.05. The van der Waals surface area contributed by atoms with Crippen molar-refractivity contribution in [3.8, 4) is 0 Å². The summed E-state index contributed by atoms with van der Waals surface area (Å²) in [5, 5.41) is 4.38. The number of hydrogen-bond acceptors (Lipinski definition) is 5. The molecule has 2 aromatic heterocycles. The van der Waals surface area contributed by atoms with Crippen molar-refractivity contribution < 1.29 is 4.79 Å². The summed E-state index contributed by atoms with van der Waals surface area (Å²) < 4.78 is 1.73. The van der Waals surface area contributed by atoms with Gasteiger partial charge in [0.1, 0.15) is 6.04 Å².